The molecule has 0 bridgehead atoms. The first-order valence-corrected chi connectivity index (χ1v) is 12.5. The number of hydrogen-bond donors (Lipinski definition) is 1. The van der Waals surface area contributed by atoms with Crippen LogP contribution in [0.2, 0.25) is 0 Å². The lowest BCUT2D eigenvalue weighted by Gasteiger charge is -2.31. The number of aromatic nitrogens is 5. The van der Waals surface area contributed by atoms with Crippen LogP contribution in [0.4, 0.5) is 5.95 Å². The number of piperidine rings is 1. The van der Waals surface area contributed by atoms with Crippen molar-refractivity contribution in [1.29, 1.82) is 0 Å². The highest BCUT2D eigenvalue weighted by atomic mass is 16.2. The van der Waals surface area contributed by atoms with Crippen molar-refractivity contribution in [2.75, 3.05) is 18.0 Å². The van der Waals surface area contributed by atoms with Crippen LogP contribution in [0.25, 0.3) is 22.3 Å². The van der Waals surface area contributed by atoms with Crippen LogP contribution >= 0.6 is 0 Å². The molecule has 10 nitrogen and oxygen atoms in total. The average molecular weight is 512 g/mol. The second-order valence-corrected chi connectivity index (χ2v) is 9.39. The van der Waals surface area contributed by atoms with Crippen molar-refractivity contribution in [2.45, 2.75) is 38.9 Å². The van der Waals surface area contributed by atoms with Gasteiger partial charge in [-0.05, 0) is 31.4 Å². The fourth-order valence-electron chi connectivity index (χ4n) is 4.97. The number of carbonyl (C=O) groups is 1. The summed E-state index contributed by atoms with van der Waals surface area (Å²) >= 11 is 0. The zero-order valence-electron chi connectivity index (χ0n) is 21.4. The highest BCUT2D eigenvalue weighted by molar-refractivity contribution is 6.02. The van der Waals surface area contributed by atoms with E-state index in [2.05, 4.69) is 16.8 Å². The minimum absolute atomic E-state index is 0.00717. The Balaban J connectivity index is 1.63. The van der Waals surface area contributed by atoms with Gasteiger partial charge in [0.05, 0.1) is 13.1 Å². The number of rotatable bonds is 6. The van der Waals surface area contributed by atoms with Crippen molar-refractivity contribution in [3.63, 3.8) is 0 Å². The number of nitrogens with zero attached hydrogens (tertiary/aromatic N) is 6. The van der Waals surface area contributed by atoms with Gasteiger partial charge in [-0.15, -0.1) is 5.92 Å². The number of fused-ring (bicyclic) bond motifs is 1. The molecular formula is C28H29N7O3. The number of pyridine rings is 1. The molecule has 38 heavy (non-hydrogen) atoms. The van der Waals surface area contributed by atoms with Crippen LogP contribution in [0.1, 0.15) is 30.1 Å². The molecule has 10 heteroatoms. The number of ketones is 1. The lowest BCUT2D eigenvalue weighted by molar-refractivity contribution is 0.0969. The zero-order chi connectivity index (χ0) is 26.8. The van der Waals surface area contributed by atoms with Crippen molar-refractivity contribution >= 4 is 22.9 Å². The smallest absolute Gasteiger partial charge is 0.332 e. The first kappa shape index (κ1) is 25.2. The molecule has 1 saturated heterocycles. The van der Waals surface area contributed by atoms with E-state index in [0.717, 1.165) is 29.5 Å². The van der Waals surface area contributed by atoms with Gasteiger partial charge >= 0.3 is 5.69 Å². The van der Waals surface area contributed by atoms with Crippen LogP contribution in [0.5, 0.6) is 0 Å². The molecule has 4 heterocycles. The SMILES string of the molecule is CC#CCn1c(N2CCCC(N)C2)nc2c1c(=O)n(CC(=O)c1ccccc1-c1cccnc1)c(=O)n2C. The summed E-state index contributed by atoms with van der Waals surface area (Å²) < 4.78 is 4.03. The maximum Gasteiger partial charge on any atom is 0.332 e. The zero-order valence-corrected chi connectivity index (χ0v) is 21.4. The van der Waals surface area contributed by atoms with Crippen LogP contribution in [-0.4, -0.2) is 48.6 Å². The van der Waals surface area contributed by atoms with E-state index < -0.39 is 17.8 Å². The van der Waals surface area contributed by atoms with E-state index in [1.807, 2.05) is 23.1 Å². The van der Waals surface area contributed by atoms with Gasteiger partial charge in [-0.1, -0.05) is 36.3 Å². The van der Waals surface area contributed by atoms with Gasteiger partial charge in [-0.3, -0.25) is 28.3 Å². The number of carbonyl (C=O) groups excluding carboxylic acids is 1. The summed E-state index contributed by atoms with van der Waals surface area (Å²) in [6.45, 7) is 2.87. The molecule has 1 unspecified atom stereocenters. The number of imidazole rings is 1. The number of Topliss-reactive ketones (excluding diaryl/α,β-unsaturated/α-hetero) is 1. The first-order chi connectivity index (χ1) is 18.4. The van der Waals surface area contributed by atoms with E-state index in [1.54, 1.807) is 49.1 Å². The Morgan fingerprint density at radius 1 is 1.16 bits per heavy atom. The summed E-state index contributed by atoms with van der Waals surface area (Å²) in [4.78, 5) is 51.5. The van der Waals surface area contributed by atoms with Crippen LogP contribution in [0.15, 0.2) is 58.4 Å². The molecule has 0 saturated carbocycles. The lowest BCUT2D eigenvalue weighted by atomic mass is 9.98. The Morgan fingerprint density at radius 2 is 1.97 bits per heavy atom. The average Bonchev–Trinajstić information content (AvgIpc) is 3.33. The standard InChI is InChI=1S/C28H29N7O3/c1-3-4-15-34-24-25(31-27(34)33-14-8-10-20(29)17-33)32(2)28(38)35(26(24)37)18-23(36)22-12-6-5-11-21(22)19-9-7-13-30-16-19/h5-7,9,11-13,16,20H,8,10,14-15,17-18,29H2,1-2H3. The maximum atomic E-state index is 13.8. The topological polar surface area (TPSA) is 121 Å². The van der Waals surface area contributed by atoms with E-state index in [1.165, 1.54) is 4.57 Å². The fraction of sp³-hybridized carbons (Fsp3) is 0.321. The molecule has 1 atom stereocenters. The van der Waals surface area contributed by atoms with Crippen molar-refractivity contribution in [2.24, 2.45) is 12.8 Å². The predicted molar refractivity (Wildman–Crippen MR) is 146 cm³/mol. The number of benzene rings is 1. The molecule has 194 valence electrons. The largest absolute Gasteiger partial charge is 0.341 e. The second-order valence-electron chi connectivity index (χ2n) is 9.39. The molecule has 0 spiro atoms. The number of anilines is 1. The van der Waals surface area contributed by atoms with Crippen LogP contribution in [0.3, 0.4) is 0 Å². The summed E-state index contributed by atoms with van der Waals surface area (Å²) in [6, 6.07) is 10.7. The van der Waals surface area contributed by atoms with Gasteiger partial charge in [0, 0.05) is 49.7 Å². The second kappa shape index (κ2) is 10.5. The molecule has 0 amide bonds. The highest BCUT2D eigenvalue weighted by Gasteiger charge is 2.27. The maximum absolute atomic E-state index is 13.8. The molecule has 0 aliphatic carbocycles. The molecule has 4 aromatic rings. The van der Waals surface area contributed by atoms with Gasteiger partial charge in [0.2, 0.25) is 5.95 Å². The fourth-order valence-corrected chi connectivity index (χ4v) is 4.97. The molecular weight excluding hydrogens is 482 g/mol. The number of nitrogens with two attached hydrogens (primary N) is 1. The van der Waals surface area contributed by atoms with Crippen LogP contribution < -0.4 is 21.9 Å². The van der Waals surface area contributed by atoms with Gasteiger partial charge in [0.25, 0.3) is 5.56 Å². The van der Waals surface area contributed by atoms with Crippen LogP contribution in [-0.2, 0) is 20.1 Å². The molecule has 1 fully saturated rings. The van der Waals surface area contributed by atoms with Gasteiger partial charge < -0.3 is 10.6 Å². The van der Waals surface area contributed by atoms with E-state index in [9.17, 15) is 14.4 Å². The third-order valence-electron chi connectivity index (χ3n) is 6.87. The minimum Gasteiger partial charge on any atom is -0.341 e. The van der Waals surface area contributed by atoms with Crippen molar-refractivity contribution in [3.05, 3.63) is 75.2 Å². The molecule has 5 rings (SSSR count). The van der Waals surface area contributed by atoms with Crippen LogP contribution in [0, 0.1) is 11.8 Å². The Hall–Kier alpha value is -4.49. The minimum atomic E-state index is -0.608. The molecule has 1 aromatic carbocycles. The first-order valence-electron chi connectivity index (χ1n) is 12.5. The third-order valence-corrected chi connectivity index (χ3v) is 6.87. The monoisotopic (exact) mass is 511 g/mol. The molecule has 2 N–H and O–H groups in total. The normalized spacial score (nSPS) is 15.3. The Morgan fingerprint density at radius 3 is 2.71 bits per heavy atom. The highest BCUT2D eigenvalue weighted by Crippen LogP contribution is 2.24. The Labute approximate surface area is 219 Å². The predicted octanol–water partition coefficient (Wildman–Crippen LogP) is 1.79. The summed E-state index contributed by atoms with van der Waals surface area (Å²) in [6.07, 6.45) is 5.15. The van der Waals surface area contributed by atoms with Crippen molar-refractivity contribution in [1.82, 2.24) is 23.7 Å². The Kier molecular flexibility index (Phi) is 6.94. The molecule has 1 aliphatic heterocycles. The number of aryl methyl sites for hydroxylation is 1. The number of hydrogen-bond acceptors (Lipinski definition) is 7. The van der Waals surface area contributed by atoms with Gasteiger partial charge in [0.15, 0.2) is 16.9 Å². The van der Waals surface area contributed by atoms with Gasteiger partial charge in [-0.2, -0.15) is 4.98 Å². The quantitative estimate of drug-likeness (QED) is 0.309. The van der Waals surface area contributed by atoms with E-state index in [-0.39, 0.29) is 29.5 Å². The van der Waals surface area contributed by atoms with E-state index in [0.29, 0.717) is 23.6 Å². The summed E-state index contributed by atoms with van der Waals surface area (Å²) in [5.74, 6) is 6.08. The Bertz CT molecular complexity index is 1690. The summed E-state index contributed by atoms with van der Waals surface area (Å²) in [5, 5.41) is 0. The van der Waals surface area contributed by atoms with Crippen molar-refractivity contribution in [3.8, 4) is 23.0 Å². The summed E-state index contributed by atoms with van der Waals surface area (Å²) in [7, 11) is 1.56. The lowest BCUT2D eigenvalue weighted by Crippen LogP contribution is -2.44. The third kappa shape index (κ3) is 4.53. The van der Waals surface area contributed by atoms with E-state index >= 15 is 0 Å². The summed E-state index contributed by atoms with van der Waals surface area (Å²) in [5.41, 5.74) is 7.38. The van der Waals surface area contributed by atoms with E-state index in [4.69, 9.17) is 10.7 Å². The van der Waals surface area contributed by atoms with Crippen molar-refractivity contribution < 1.29 is 4.79 Å². The molecule has 3 aromatic heterocycles. The molecule has 1 aliphatic rings. The molecule has 0 radical (unpaired) electrons. The van der Waals surface area contributed by atoms with Gasteiger partial charge in [-0.25, -0.2) is 4.79 Å². The van der Waals surface area contributed by atoms with Gasteiger partial charge in [0.1, 0.15) is 0 Å².